The summed E-state index contributed by atoms with van der Waals surface area (Å²) < 4.78 is 5.33. The maximum atomic E-state index is 5.33. The fraction of sp³-hybridized carbons (Fsp3) is 0.700. The van der Waals surface area contributed by atoms with Crippen molar-refractivity contribution < 1.29 is 4.74 Å². The fourth-order valence-electron chi connectivity index (χ4n) is 1.16. The molecular formula is C10H17NOS. The summed E-state index contributed by atoms with van der Waals surface area (Å²) in [6, 6.07) is 0. The van der Waals surface area contributed by atoms with Crippen molar-refractivity contribution in [3.63, 3.8) is 0 Å². The van der Waals surface area contributed by atoms with Crippen LogP contribution in [0.25, 0.3) is 0 Å². The molecule has 0 radical (unpaired) electrons. The van der Waals surface area contributed by atoms with Crippen molar-refractivity contribution in [2.45, 2.75) is 39.2 Å². The average Bonchev–Trinajstić information content (AvgIpc) is 2.56. The van der Waals surface area contributed by atoms with Gasteiger partial charge in [-0.25, -0.2) is 4.98 Å². The third kappa shape index (κ3) is 2.51. The average molecular weight is 199 g/mol. The van der Waals surface area contributed by atoms with Crippen LogP contribution in [0.2, 0.25) is 0 Å². The van der Waals surface area contributed by atoms with E-state index in [-0.39, 0.29) is 6.10 Å². The number of nitrogens with zero attached hydrogens (tertiary/aromatic N) is 1. The van der Waals surface area contributed by atoms with Crippen molar-refractivity contribution in [1.82, 2.24) is 4.98 Å². The second-order valence-electron chi connectivity index (χ2n) is 3.40. The lowest BCUT2D eigenvalue weighted by Gasteiger charge is -2.08. The lowest BCUT2D eigenvalue weighted by molar-refractivity contribution is 0.0996. The monoisotopic (exact) mass is 199 g/mol. The summed E-state index contributed by atoms with van der Waals surface area (Å²) in [5.41, 5.74) is 1.18. The van der Waals surface area contributed by atoms with Crippen LogP contribution >= 0.6 is 11.3 Å². The Bertz CT molecular complexity index is 253. The minimum absolute atomic E-state index is 0.178. The van der Waals surface area contributed by atoms with Crippen LogP contribution in [0.3, 0.4) is 0 Å². The molecule has 0 saturated carbocycles. The summed E-state index contributed by atoms with van der Waals surface area (Å²) in [7, 11) is 1.74. The number of ether oxygens (including phenoxy) is 1. The van der Waals surface area contributed by atoms with E-state index in [1.165, 1.54) is 5.69 Å². The zero-order chi connectivity index (χ0) is 9.84. The first kappa shape index (κ1) is 10.7. The van der Waals surface area contributed by atoms with Gasteiger partial charge in [0, 0.05) is 12.5 Å². The molecule has 1 unspecified atom stereocenters. The zero-order valence-corrected chi connectivity index (χ0v) is 9.52. The van der Waals surface area contributed by atoms with Gasteiger partial charge in [-0.15, -0.1) is 11.3 Å². The summed E-state index contributed by atoms with van der Waals surface area (Å²) in [6.07, 6.45) is 1.17. The third-order valence-electron chi connectivity index (χ3n) is 2.06. The van der Waals surface area contributed by atoms with Gasteiger partial charge in [0.2, 0.25) is 0 Å². The first-order chi connectivity index (χ1) is 6.19. The van der Waals surface area contributed by atoms with Crippen LogP contribution in [-0.2, 0) is 4.74 Å². The van der Waals surface area contributed by atoms with E-state index in [9.17, 15) is 0 Å². The molecule has 74 valence electrons. The van der Waals surface area contributed by atoms with E-state index in [1.54, 1.807) is 18.4 Å². The molecule has 0 aliphatic heterocycles. The van der Waals surface area contributed by atoms with E-state index in [0.717, 1.165) is 11.4 Å². The van der Waals surface area contributed by atoms with Gasteiger partial charge in [-0.3, -0.25) is 0 Å². The predicted molar refractivity (Wildman–Crippen MR) is 56.2 cm³/mol. The van der Waals surface area contributed by atoms with E-state index in [2.05, 4.69) is 31.1 Å². The van der Waals surface area contributed by atoms with Gasteiger partial charge >= 0.3 is 0 Å². The summed E-state index contributed by atoms with van der Waals surface area (Å²) in [4.78, 5) is 4.55. The number of aromatic nitrogens is 1. The molecule has 1 atom stereocenters. The number of hydrogen-bond donors (Lipinski definition) is 0. The quantitative estimate of drug-likeness (QED) is 0.741. The Morgan fingerprint density at radius 1 is 1.54 bits per heavy atom. The van der Waals surface area contributed by atoms with E-state index in [0.29, 0.717) is 5.92 Å². The summed E-state index contributed by atoms with van der Waals surface area (Å²) in [5, 5.41) is 3.23. The zero-order valence-electron chi connectivity index (χ0n) is 8.70. The van der Waals surface area contributed by atoms with Crippen LogP contribution in [0.5, 0.6) is 0 Å². The lowest BCUT2D eigenvalue weighted by Crippen LogP contribution is -1.99. The van der Waals surface area contributed by atoms with Gasteiger partial charge < -0.3 is 4.74 Å². The molecule has 0 aliphatic rings. The lowest BCUT2D eigenvalue weighted by atomic mass is 10.2. The number of rotatable bonds is 4. The predicted octanol–water partition coefficient (Wildman–Crippen LogP) is 3.36. The highest BCUT2D eigenvalue weighted by molar-refractivity contribution is 7.09. The van der Waals surface area contributed by atoms with E-state index in [1.807, 2.05) is 0 Å². The molecule has 0 aliphatic carbocycles. The summed E-state index contributed by atoms with van der Waals surface area (Å²) >= 11 is 1.70. The van der Waals surface area contributed by atoms with E-state index in [4.69, 9.17) is 4.74 Å². The molecule has 0 aromatic carbocycles. The highest BCUT2D eigenvalue weighted by Crippen LogP contribution is 2.26. The Morgan fingerprint density at radius 3 is 2.62 bits per heavy atom. The molecule has 1 rings (SSSR count). The molecule has 1 aromatic heterocycles. The maximum Gasteiger partial charge on any atom is 0.122 e. The van der Waals surface area contributed by atoms with Crippen molar-refractivity contribution in [3.8, 4) is 0 Å². The molecule has 0 bridgehead atoms. The first-order valence-electron chi connectivity index (χ1n) is 4.67. The van der Waals surface area contributed by atoms with E-state index < -0.39 is 0 Å². The number of methoxy groups -OCH3 is 1. The fourth-order valence-corrected chi connectivity index (χ4v) is 2.30. The minimum atomic E-state index is 0.178. The van der Waals surface area contributed by atoms with Crippen molar-refractivity contribution in [3.05, 3.63) is 16.1 Å². The topological polar surface area (TPSA) is 22.1 Å². The molecular weight excluding hydrogens is 182 g/mol. The Hall–Kier alpha value is -0.410. The van der Waals surface area contributed by atoms with Crippen LogP contribution < -0.4 is 0 Å². The Labute approximate surface area is 84.0 Å². The minimum Gasteiger partial charge on any atom is -0.374 e. The number of thiazole rings is 1. The third-order valence-corrected chi connectivity index (χ3v) is 3.02. The second-order valence-corrected chi connectivity index (χ2v) is 4.29. The van der Waals surface area contributed by atoms with E-state index >= 15 is 0 Å². The van der Waals surface area contributed by atoms with Crippen molar-refractivity contribution in [1.29, 1.82) is 0 Å². The van der Waals surface area contributed by atoms with Crippen molar-refractivity contribution in [2.24, 2.45) is 0 Å². The highest BCUT2D eigenvalue weighted by atomic mass is 32.1. The van der Waals surface area contributed by atoms with Gasteiger partial charge in [-0.05, 0) is 12.3 Å². The van der Waals surface area contributed by atoms with Crippen LogP contribution in [0.1, 0.15) is 49.9 Å². The maximum absolute atomic E-state index is 5.33. The summed E-state index contributed by atoms with van der Waals surface area (Å²) in [5.74, 6) is 0.513. The van der Waals surface area contributed by atoms with Crippen LogP contribution in [0, 0.1) is 0 Å². The van der Waals surface area contributed by atoms with Crippen LogP contribution in [0.15, 0.2) is 5.38 Å². The molecule has 1 heterocycles. The highest BCUT2D eigenvalue weighted by Gasteiger charge is 2.13. The molecule has 2 nitrogen and oxygen atoms in total. The van der Waals surface area contributed by atoms with Gasteiger partial charge in [0.05, 0.1) is 5.69 Å². The van der Waals surface area contributed by atoms with Crippen LogP contribution in [0.4, 0.5) is 0 Å². The Morgan fingerprint density at radius 2 is 2.23 bits per heavy atom. The van der Waals surface area contributed by atoms with Gasteiger partial charge in [-0.2, -0.15) is 0 Å². The second kappa shape index (κ2) is 4.72. The SMILES string of the molecule is CCC(OC)c1nc(C(C)C)cs1. The van der Waals surface area contributed by atoms with Gasteiger partial charge in [0.15, 0.2) is 0 Å². The molecule has 0 fully saturated rings. The first-order valence-corrected chi connectivity index (χ1v) is 5.55. The Balaban J connectivity index is 2.78. The molecule has 0 spiro atoms. The standard InChI is InChI=1S/C10H17NOS/c1-5-9(12-4)10-11-8(6-13-10)7(2)3/h6-7,9H,5H2,1-4H3. The molecule has 0 saturated heterocycles. The van der Waals surface area contributed by atoms with Crippen LogP contribution in [-0.4, -0.2) is 12.1 Å². The molecule has 0 N–H and O–H groups in total. The summed E-state index contributed by atoms with van der Waals surface area (Å²) in [6.45, 7) is 6.43. The van der Waals surface area contributed by atoms with Gasteiger partial charge in [-0.1, -0.05) is 20.8 Å². The Kier molecular flexibility index (Phi) is 3.88. The largest absolute Gasteiger partial charge is 0.374 e. The molecule has 1 aromatic rings. The van der Waals surface area contributed by atoms with Gasteiger partial charge in [0.1, 0.15) is 11.1 Å². The number of hydrogen-bond acceptors (Lipinski definition) is 3. The normalized spacial score (nSPS) is 13.6. The van der Waals surface area contributed by atoms with Crippen molar-refractivity contribution in [2.75, 3.05) is 7.11 Å². The smallest absolute Gasteiger partial charge is 0.122 e. The van der Waals surface area contributed by atoms with Gasteiger partial charge in [0.25, 0.3) is 0 Å². The van der Waals surface area contributed by atoms with Crippen molar-refractivity contribution >= 4 is 11.3 Å². The molecule has 3 heteroatoms. The molecule has 0 amide bonds. The molecule has 13 heavy (non-hydrogen) atoms.